The topological polar surface area (TPSA) is 491 Å². The van der Waals surface area contributed by atoms with Crippen LogP contribution in [0.15, 0.2) is 143 Å². The van der Waals surface area contributed by atoms with Crippen molar-refractivity contribution in [2.75, 3.05) is 49.9 Å². The van der Waals surface area contributed by atoms with Crippen LogP contribution in [0, 0.1) is 35.5 Å². The zero-order valence-electron chi connectivity index (χ0n) is 86.7. The van der Waals surface area contributed by atoms with Crippen LogP contribution in [-0.4, -0.2) is 165 Å². The number of nitrogens with zero attached hydrogens (tertiary/aromatic N) is 6. The van der Waals surface area contributed by atoms with Crippen molar-refractivity contribution in [3.63, 3.8) is 0 Å². The Morgan fingerprint density at radius 1 is 0.403 bits per heavy atom. The number of aromatic nitrogens is 2. The molecule has 2 aromatic heterocycles. The molecule has 0 aliphatic carbocycles. The predicted molar refractivity (Wildman–Crippen MR) is 564 cm³/mol. The number of carbonyl (C=O) groups is 14. The van der Waals surface area contributed by atoms with Crippen LogP contribution >= 0.6 is 0 Å². The molecule has 4 atom stereocenters. The van der Waals surface area contributed by atoms with Crippen LogP contribution in [0.3, 0.4) is 0 Å². The molecule has 14 N–H and O–H groups in total. The molecule has 6 aromatic rings. The van der Waals surface area contributed by atoms with E-state index in [1.54, 1.807) is 122 Å². The normalized spacial score (nSPS) is 12.9. The number of hydrogen-bond donors (Lipinski definition) is 10. The summed E-state index contributed by atoms with van der Waals surface area (Å²) in [4.78, 5) is 204. The highest BCUT2D eigenvalue weighted by molar-refractivity contribution is 6.10. The van der Waals surface area contributed by atoms with E-state index < -0.39 is 59.7 Å². The van der Waals surface area contributed by atoms with Crippen molar-refractivity contribution in [2.24, 2.45) is 68.4 Å². The van der Waals surface area contributed by atoms with Crippen molar-refractivity contribution in [1.82, 2.24) is 41.0 Å². The average molecular weight is 1980 g/mol. The fraction of sp³-hybridized carbons (Fsp3) is 0.518. The Labute approximate surface area is 850 Å². The largest absolute Gasteiger partial charge is 0.461 e. The third-order valence-electron chi connectivity index (χ3n) is 25.1. The number of urea groups is 2. The third-order valence-corrected chi connectivity index (χ3v) is 25.1. The lowest BCUT2D eigenvalue weighted by Gasteiger charge is -2.24. The summed E-state index contributed by atoms with van der Waals surface area (Å²) in [5.74, 6) is -2.31. The van der Waals surface area contributed by atoms with Gasteiger partial charge in [-0.05, 0) is 183 Å². The van der Waals surface area contributed by atoms with Gasteiger partial charge in [0.05, 0.1) is 47.2 Å². The first-order valence-corrected chi connectivity index (χ1v) is 51.6. The molecule has 0 spiro atoms. The van der Waals surface area contributed by atoms with Gasteiger partial charge in [-0.2, -0.15) is 0 Å². The number of primary amides is 2. The summed E-state index contributed by atoms with van der Waals surface area (Å²) in [7, 11) is 0. The highest BCUT2D eigenvalue weighted by Crippen LogP contribution is 2.33. The number of nitrogens with one attached hydrogen (secondary N) is 6. The number of amidine groups is 2. The quantitative estimate of drug-likeness (QED) is 0.0125. The first kappa shape index (κ1) is 118. The number of hydrogen-bond acceptors (Lipinski definition) is 22. The van der Waals surface area contributed by atoms with Crippen molar-refractivity contribution in [3.8, 4) is 0 Å². The maximum atomic E-state index is 13.7. The number of rotatable bonds is 62. The number of unbranched alkanes of at least 4 members (excludes halogenated alkanes) is 6. The summed E-state index contributed by atoms with van der Waals surface area (Å²) in [5, 5.41) is 16.6. The Hall–Kier alpha value is -13.4. The summed E-state index contributed by atoms with van der Waals surface area (Å²) in [5.41, 5.74) is 32.3. The molecule has 32 heteroatoms. The molecule has 0 radical (unpaired) electrons. The number of ether oxygens (including phenoxy) is 2. The number of esters is 2. The maximum absolute atomic E-state index is 13.7. The number of nitrogens with two attached hydrogens (primary N) is 4. The van der Waals surface area contributed by atoms with Crippen molar-refractivity contribution >= 4 is 129 Å². The van der Waals surface area contributed by atoms with Gasteiger partial charge in [-0.1, -0.05) is 195 Å². The second-order valence-electron chi connectivity index (χ2n) is 39.2. The van der Waals surface area contributed by atoms with E-state index in [9.17, 15) is 67.1 Å². The van der Waals surface area contributed by atoms with E-state index in [2.05, 4.69) is 79.5 Å². The summed E-state index contributed by atoms with van der Waals surface area (Å²) < 4.78 is 11.1. The minimum Gasteiger partial charge on any atom is -0.461 e. The Balaban J connectivity index is 0.000000391. The lowest BCUT2D eigenvalue weighted by atomic mass is 9.88. The maximum Gasteiger partial charge on any atom is 0.312 e. The molecule has 780 valence electrons. The van der Waals surface area contributed by atoms with Gasteiger partial charge in [0.15, 0.2) is 11.6 Å². The molecule has 0 saturated carbocycles. The van der Waals surface area contributed by atoms with Gasteiger partial charge in [-0.3, -0.25) is 67.5 Å². The van der Waals surface area contributed by atoms with Gasteiger partial charge >= 0.3 is 24.0 Å². The van der Waals surface area contributed by atoms with E-state index in [4.69, 9.17) is 32.4 Å². The van der Waals surface area contributed by atoms with E-state index in [0.29, 0.717) is 155 Å². The first-order valence-electron chi connectivity index (χ1n) is 51.6. The fourth-order valence-corrected chi connectivity index (χ4v) is 17.0. The number of pyridine rings is 2. The van der Waals surface area contributed by atoms with E-state index in [0.717, 1.165) is 88.2 Å². The van der Waals surface area contributed by atoms with Crippen molar-refractivity contribution < 1.29 is 76.6 Å². The van der Waals surface area contributed by atoms with E-state index in [-0.39, 0.29) is 161 Å². The molecule has 4 aromatic carbocycles. The SMILES string of the molecule is CCCN(CCC)C(=O)C1=Cc2ccc(C(=O)Nc3cncc(CCC(=O)OCc4ccc(CC(=O)C(CCCNC(N)=O)NC(=O)C(CC(=O)CCCCCCC(C)C)C(C)C)cc4)c3)cc2N=C(N)C1.CCCN(CCC)C(=O)C1=Cc2ccc(C(=O)Nc3cncc(CCC(=O)OCc4ccc(CC(=O)[C@H](CCCNC(N)=O)NC(=O)[C@@H](CC(=O)CCCCCCC(C)C)C(C)C)cc4)c3)cc2N=C(N)C1. The zero-order valence-corrected chi connectivity index (χ0v) is 86.7. The molecule has 8 rings (SSSR count). The first-order chi connectivity index (χ1) is 68.9. The molecule has 10 amide bonds. The van der Waals surface area contributed by atoms with Gasteiger partial charge in [-0.15, -0.1) is 0 Å². The molecule has 2 aliphatic heterocycles. The minimum absolute atomic E-state index is 0.0143. The molecule has 0 fully saturated rings. The van der Waals surface area contributed by atoms with Crippen molar-refractivity contribution in [2.45, 2.75) is 301 Å². The summed E-state index contributed by atoms with van der Waals surface area (Å²) in [6.07, 6.45) is 27.3. The molecule has 0 saturated heterocycles. The molecular formula is C112H156N16O16. The number of fused-ring (bicyclic) bond motifs is 2. The van der Waals surface area contributed by atoms with Gasteiger partial charge in [0.2, 0.25) is 23.6 Å². The molecule has 2 aliphatic rings. The molecule has 0 bridgehead atoms. The van der Waals surface area contributed by atoms with Crippen LogP contribution in [0.2, 0.25) is 0 Å². The van der Waals surface area contributed by atoms with Gasteiger partial charge in [0, 0.05) is 161 Å². The fourth-order valence-electron chi connectivity index (χ4n) is 17.0. The number of benzene rings is 4. The summed E-state index contributed by atoms with van der Waals surface area (Å²) >= 11 is 0. The molecule has 144 heavy (non-hydrogen) atoms. The highest BCUT2D eigenvalue weighted by Gasteiger charge is 2.33. The van der Waals surface area contributed by atoms with Gasteiger partial charge in [0.25, 0.3) is 11.8 Å². The number of Topliss-reactive ketones (excluding diaryl/α,β-unsaturated/α-hetero) is 4. The molecule has 4 heterocycles. The van der Waals surface area contributed by atoms with E-state index in [1.807, 2.05) is 65.2 Å². The number of aryl methyl sites for hydroxylation is 2. The number of aliphatic imine (C=N–C) groups is 2. The third kappa shape index (κ3) is 43.0. The van der Waals surface area contributed by atoms with E-state index >= 15 is 0 Å². The summed E-state index contributed by atoms with van der Waals surface area (Å²) in [6, 6.07) is 24.8. The zero-order chi connectivity index (χ0) is 105. The van der Waals surface area contributed by atoms with Gasteiger partial charge < -0.3 is 74.1 Å². The number of amides is 10. The van der Waals surface area contributed by atoms with Crippen LogP contribution in [0.5, 0.6) is 0 Å². The van der Waals surface area contributed by atoms with Crippen LogP contribution < -0.4 is 54.8 Å². The molecular weight excluding hydrogens is 1830 g/mol. The second kappa shape index (κ2) is 62.9. The standard InChI is InChI=1S/2C56H78N8O8/c2*1-7-26-64(27-8-2)55(70)44-30-42-22-23-43(31-49(42)62-51(57)32-44)53(68)61-45-28-41(34-59-35-45)21-24-52(67)72-36-40-19-17-39(18-20-40)29-50(66)48(16-13-25-60-56(58)71)63-54(69)47(38(5)6)33-46(65)15-12-10-9-11-14-37(3)4/h2*17-20,22-23,28,30-31,34-35,37-38,47-48H,7-16,21,24-27,29,32-33,36H2,1-6H3,(H2,57,62)(H,61,68)(H,63,69)(H3,58,60,71)/t47-,48-;/m0./s1. The Bertz CT molecular complexity index is 5070. The lowest BCUT2D eigenvalue weighted by Crippen LogP contribution is -2.46. The number of carbonyl (C=O) groups excluding carboxylic acids is 14. The van der Waals surface area contributed by atoms with Gasteiger partial charge in [0.1, 0.15) is 36.5 Å². The van der Waals surface area contributed by atoms with Gasteiger partial charge in [-0.25, -0.2) is 19.6 Å². The monoisotopic (exact) mass is 1980 g/mol. The predicted octanol–water partition coefficient (Wildman–Crippen LogP) is 17.4. The smallest absolute Gasteiger partial charge is 0.312 e. The molecule has 2 unspecified atom stereocenters. The van der Waals surface area contributed by atoms with Crippen LogP contribution in [0.1, 0.15) is 315 Å². The van der Waals surface area contributed by atoms with Crippen LogP contribution in [-0.2, 0) is 96.3 Å². The lowest BCUT2D eigenvalue weighted by molar-refractivity contribution is -0.145. The van der Waals surface area contributed by atoms with Crippen molar-refractivity contribution in [1.29, 1.82) is 0 Å². The Morgan fingerprint density at radius 2 is 0.757 bits per heavy atom. The van der Waals surface area contributed by atoms with Crippen LogP contribution in [0.25, 0.3) is 12.2 Å². The summed E-state index contributed by atoms with van der Waals surface area (Å²) in [6.45, 7) is 27.7. The minimum atomic E-state index is -0.842. The second-order valence-corrected chi connectivity index (χ2v) is 39.2. The van der Waals surface area contributed by atoms with E-state index in [1.165, 1.54) is 25.2 Å². The molecule has 32 nitrogen and oxygen atoms in total. The Kier molecular flexibility index (Phi) is 51.3. The number of ketones is 4. The highest BCUT2D eigenvalue weighted by atomic mass is 16.5. The number of anilines is 2. The average Bonchev–Trinajstić information content (AvgIpc) is 1.65. The Morgan fingerprint density at radius 3 is 1.10 bits per heavy atom. The van der Waals surface area contributed by atoms with Crippen LogP contribution in [0.4, 0.5) is 32.3 Å². The van der Waals surface area contributed by atoms with Crippen molar-refractivity contribution in [3.05, 3.63) is 189 Å².